The Morgan fingerprint density at radius 2 is 1.85 bits per heavy atom. The molecule has 0 spiro atoms. The highest BCUT2D eigenvalue weighted by atomic mass is 16.6. The van der Waals surface area contributed by atoms with E-state index in [2.05, 4.69) is 5.32 Å². The maximum atomic E-state index is 12.5. The Bertz CT molecular complexity index is 1020. The van der Waals surface area contributed by atoms with E-state index in [0.29, 0.717) is 11.5 Å². The Balaban J connectivity index is 1.85. The third kappa shape index (κ3) is 3.82. The number of hydrogen-bond donors (Lipinski definition) is 1. The zero-order valence-electron chi connectivity index (χ0n) is 15.1. The van der Waals surface area contributed by atoms with Crippen LogP contribution in [0.1, 0.15) is 21.7 Å². The normalized spacial score (nSPS) is 10.5. The van der Waals surface area contributed by atoms with Crippen LogP contribution in [0.15, 0.2) is 52.9 Å². The molecule has 0 aliphatic heterocycles. The van der Waals surface area contributed by atoms with Gasteiger partial charge >= 0.3 is 0 Å². The van der Waals surface area contributed by atoms with Crippen LogP contribution in [-0.2, 0) is 0 Å². The lowest BCUT2D eigenvalue weighted by Crippen LogP contribution is -2.12. The van der Waals surface area contributed by atoms with Gasteiger partial charge in [0, 0.05) is 17.7 Å². The van der Waals surface area contributed by atoms with Crippen molar-refractivity contribution in [3.8, 4) is 17.1 Å². The summed E-state index contributed by atoms with van der Waals surface area (Å²) in [6.45, 7) is 4.02. The fraction of sp³-hybridized carbons (Fsp3) is 0.150. The van der Waals surface area contributed by atoms with E-state index in [1.165, 1.54) is 30.9 Å². The zero-order valence-corrected chi connectivity index (χ0v) is 15.1. The zero-order chi connectivity index (χ0) is 19.6. The maximum absolute atomic E-state index is 12.5. The maximum Gasteiger partial charge on any atom is 0.291 e. The van der Waals surface area contributed by atoms with Gasteiger partial charge in [-0.2, -0.15) is 0 Å². The first-order valence-corrected chi connectivity index (χ1v) is 8.20. The smallest absolute Gasteiger partial charge is 0.291 e. The molecule has 0 fully saturated rings. The summed E-state index contributed by atoms with van der Waals surface area (Å²) in [7, 11) is 1.42. The molecule has 27 heavy (non-hydrogen) atoms. The molecule has 7 heteroatoms. The summed E-state index contributed by atoms with van der Waals surface area (Å²) in [5.41, 5.74) is 3.20. The highest BCUT2D eigenvalue weighted by Crippen LogP contribution is 2.30. The van der Waals surface area contributed by atoms with Crippen molar-refractivity contribution in [1.82, 2.24) is 0 Å². The summed E-state index contributed by atoms with van der Waals surface area (Å²) >= 11 is 0. The Hall–Kier alpha value is -3.61. The molecular weight excluding hydrogens is 348 g/mol. The lowest BCUT2D eigenvalue weighted by atomic mass is 10.1. The van der Waals surface area contributed by atoms with E-state index in [1.54, 1.807) is 12.1 Å². The van der Waals surface area contributed by atoms with Crippen molar-refractivity contribution in [2.75, 3.05) is 12.4 Å². The molecule has 0 atom stereocenters. The van der Waals surface area contributed by atoms with Gasteiger partial charge in [-0.1, -0.05) is 12.1 Å². The van der Waals surface area contributed by atoms with Crippen LogP contribution in [0, 0.1) is 24.0 Å². The monoisotopic (exact) mass is 366 g/mol. The van der Waals surface area contributed by atoms with Crippen LogP contribution in [0.25, 0.3) is 11.3 Å². The second kappa shape index (κ2) is 7.33. The first kappa shape index (κ1) is 18.2. The minimum Gasteiger partial charge on any atom is -0.495 e. The number of non-ortho nitro benzene ring substituents is 1. The van der Waals surface area contributed by atoms with E-state index in [0.717, 1.165) is 11.1 Å². The molecule has 3 aromatic rings. The number of anilines is 1. The van der Waals surface area contributed by atoms with Crippen LogP contribution < -0.4 is 10.1 Å². The summed E-state index contributed by atoms with van der Waals surface area (Å²) < 4.78 is 10.8. The number of benzene rings is 2. The largest absolute Gasteiger partial charge is 0.495 e. The predicted octanol–water partition coefficient (Wildman–Crippen LogP) is 4.73. The second-order valence-corrected chi connectivity index (χ2v) is 6.06. The lowest BCUT2D eigenvalue weighted by molar-refractivity contribution is -0.384. The van der Waals surface area contributed by atoms with Gasteiger partial charge in [0.25, 0.3) is 11.6 Å². The van der Waals surface area contributed by atoms with Crippen LogP contribution in [0.3, 0.4) is 0 Å². The van der Waals surface area contributed by atoms with Gasteiger partial charge in [0.15, 0.2) is 5.76 Å². The van der Waals surface area contributed by atoms with Gasteiger partial charge in [0.1, 0.15) is 11.5 Å². The summed E-state index contributed by atoms with van der Waals surface area (Å²) in [6, 6.07) is 13.1. The molecule has 0 aliphatic rings. The highest BCUT2D eigenvalue weighted by Gasteiger charge is 2.17. The number of carbonyl (C=O) groups is 1. The van der Waals surface area contributed by atoms with Gasteiger partial charge in [-0.3, -0.25) is 14.9 Å². The molecule has 1 amide bonds. The van der Waals surface area contributed by atoms with Gasteiger partial charge in [-0.25, -0.2) is 0 Å². The fourth-order valence-corrected chi connectivity index (χ4v) is 2.60. The number of rotatable bonds is 5. The molecule has 1 N–H and O–H groups in total. The number of ether oxygens (including phenoxy) is 1. The number of amides is 1. The fourth-order valence-electron chi connectivity index (χ4n) is 2.60. The predicted molar refractivity (Wildman–Crippen MR) is 101 cm³/mol. The van der Waals surface area contributed by atoms with Crippen LogP contribution in [0.5, 0.6) is 5.75 Å². The van der Waals surface area contributed by atoms with Gasteiger partial charge in [0.05, 0.1) is 17.7 Å². The molecule has 0 bridgehead atoms. The minimum absolute atomic E-state index is 0.0942. The van der Waals surface area contributed by atoms with Gasteiger partial charge in [-0.15, -0.1) is 0 Å². The molecule has 7 nitrogen and oxygen atoms in total. The number of methoxy groups -OCH3 is 1. The SMILES string of the molecule is COc1ccc([N+](=O)[O-])cc1NC(=O)c1ccc(-c2ccc(C)c(C)c2)o1. The van der Waals surface area contributed by atoms with E-state index >= 15 is 0 Å². The van der Waals surface area contributed by atoms with Crippen molar-refractivity contribution in [2.45, 2.75) is 13.8 Å². The van der Waals surface area contributed by atoms with E-state index in [-0.39, 0.29) is 17.1 Å². The van der Waals surface area contributed by atoms with Crippen LogP contribution in [-0.4, -0.2) is 17.9 Å². The lowest BCUT2D eigenvalue weighted by Gasteiger charge is -2.09. The van der Waals surface area contributed by atoms with Crippen molar-refractivity contribution < 1.29 is 18.9 Å². The van der Waals surface area contributed by atoms with Crippen LogP contribution >= 0.6 is 0 Å². The quantitative estimate of drug-likeness (QED) is 0.520. The molecule has 2 aromatic carbocycles. The molecule has 3 rings (SSSR count). The number of nitro groups is 1. The average Bonchev–Trinajstić information content (AvgIpc) is 3.14. The standard InChI is InChI=1S/C20H18N2O5/c1-12-4-5-14(10-13(12)2)17-8-9-19(27-17)20(23)21-16-11-15(22(24)25)6-7-18(16)26-3/h4-11H,1-3H3,(H,21,23). The molecule has 0 saturated heterocycles. The van der Waals surface area contributed by atoms with Crippen molar-refractivity contribution in [3.05, 3.63) is 75.5 Å². The first-order valence-electron chi connectivity index (χ1n) is 8.20. The Morgan fingerprint density at radius 1 is 1.07 bits per heavy atom. The minimum atomic E-state index is -0.542. The van der Waals surface area contributed by atoms with Crippen LogP contribution in [0.4, 0.5) is 11.4 Å². The van der Waals surface area contributed by atoms with E-state index < -0.39 is 10.8 Å². The number of hydrogen-bond acceptors (Lipinski definition) is 5. The average molecular weight is 366 g/mol. The molecule has 1 heterocycles. The van der Waals surface area contributed by atoms with E-state index in [1.807, 2.05) is 32.0 Å². The third-order valence-electron chi connectivity index (χ3n) is 4.26. The van der Waals surface area contributed by atoms with Crippen molar-refractivity contribution in [3.63, 3.8) is 0 Å². The molecule has 0 aliphatic carbocycles. The third-order valence-corrected chi connectivity index (χ3v) is 4.26. The van der Waals surface area contributed by atoms with E-state index in [9.17, 15) is 14.9 Å². The topological polar surface area (TPSA) is 94.6 Å². The van der Waals surface area contributed by atoms with Crippen molar-refractivity contribution in [1.29, 1.82) is 0 Å². The van der Waals surface area contributed by atoms with Gasteiger partial charge in [0.2, 0.25) is 0 Å². The number of nitrogens with one attached hydrogen (secondary N) is 1. The summed E-state index contributed by atoms with van der Waals surface area (Å²) in [6.07, 6.45) is 0. The van der Waals surface area contributed by atoms with Crippen molar-refractivity contribution >= 4 is 17.3 Å². The summed E-state index contributed by atoms with van der Waals surface area (Å²) in [5, 5.41) is 13.5. The molecule has 0 unspecified atom stereocenters. The first-order chi connectivity index (χ1) is 12.9. The Labute approximate surface area is 155 Å². The Morgan fingerprint density at radius 3 is 2.52 bits per heavy atom. The van der Waals surface area contributed by atoms with Crippen LogP contribution in [0.2, 0.25) is 0 Å². The summed E-state index contributed by atoms with van der Waals surface area (Å²) in [4.78, 5) is 22.9. The molecular formula is C20H18N2O5. The highest BCUT2D eigenvalue weighted by molar-refractivity contribution is 6.03. The Kier molecular flexibility index (Phi) is 4.94. The van der Waals surface area contributed by atoms with Gasteiger partial charge in [-0.05, 0) is 49.2 Å². The number of nitrogens with zero attached hydrogens (tertiary/aromatic N) is 1. The van der Waals surface area contributed by atoms with Gasteiger partial charge < -0.3 is 14.5 Å². The number of nitro benzene ring substituents is 1. The summed E-state index contributed by atoms with van der Waals surface area (Å²) in [5.74, 6) is 0.449. The number of furan rings is 1. The second-order valence-electron chi connectivity index (χ2n) is 6.06. The molecule has 0 radical (unpaired) electrons. The number of carbonyl (C=O) groups excluding carboxylic acids is 1. The van der Waals surface area contributed by atoms with Crippen molar-refractivity contribution in [2.24, 2.45) is 0 Å². The molecule has 1 aromatic heterocycles. The number of aryl methyl sites for hydroxylation is 2. The molecule has 0 saturated carbocycles. The van der Waals surface area contributed by atoms with E-state index in [4.69, 9.17) is 9.15 Å². The molecule has 138 valence electrons.